The molecule has 11 nitrogen and oxygen atoms in total. The topological polar surface area (TPSA) is 125 Å². The summed E-state index contributed by atoms with van der Waals surface area (Å²) in [5.41, 5.74) is -0.803. The molecule has 1 aliphatic rings. The zero-order chi connectivity index (χ0) is 31.3. The fraction of sp³-hybridized carbons (Fsp3) is 0.500. The molecular formula is C24H26F6N4O7S. The van der Waals surface area contributed by atoms with Gasteiger partial charge in [-0.25, -0.2) is 4.79 Å². The third-order valence-electron chi connectivity index (χ3n) is 5.23. The number of alkyl halides is 6. The molecule has 1 aliphatic heterocycles. The van der Waals surface area contributed by atoms with E-state index in [2.05, 4.69) is 25.0 Å². The Kier molecular flexibility index (Phi) is 9.92. The van der Waals surface area contributed by atoms with Crippen molar-refractivity contribution in [1.82, 2.24) is 20.4 Å². The molecule has 232 valence electrons. The van der Waals surface area contributed by atoms with E-state index < -0.39 is 60.2 Å². The number of halogens is 6. The Morgan fingerprint density at radius 2 is 1.71 bits per heavy atom. The maximum atomic E-state index is 13.2. The van der Waals surface area contributed by atoms with Crippen LogP contribution in [0.3, 0.4) is 0 Å². The molecule has 0 saturated carbocycles. The summed E-state index contributed by atoms with van der Waals surface area (Å²) in [5.74, 6) is -1.36. The monoisotopic (exact) mass is 628 g/mol. The molecule has 0 unspecified atom stereocenters. The summed E-state index contributed by atoms with van der Waals surface area (Å²) in [6.45, 7) is 3.34. The average molecular weight is 629 g/mol. The number of nitrogens with one attached hydrogen (secondary N) is 1. The third-order valence-corrected chi connectivity index (χ3v) is 6.40. The van der Waals surface area contributed by atoms with Crippen LogP contribution in [-0.4, -0.2) is 76.3 Å². The Labute approximate surface area is 239 Å². The number of carbonyl (C=O) groups excluding carboxylic acids is 2. The summed E-state index contributed by atoms with van der Waals surface area (Å²) in [5, 5.41) is 10.2. The van der Waals surface area contributed by atoms with E-state index in [4.69, 9.17) is 13.9 Å². The second-order valence-corrected chi connectivity index (χ2v) is 10.8. The van der Waals surface area contributed by atoms with Crippen LogP contribution in [0.25, 0.3) is 5.70 Å². The van der Waals surface area contributed by atoms with E-state index in [1.165, 1.54) is 17.8 Å². The number of rotatable bonds is 9. The van der Waals surface area contributed by atoms with E-state index in [1.807, 2.05) is 0 Å². The van der Waals surface area contributed by atoms with Gasteiger partial charge in [-0.05, 0) is 51.3 Å². The zero-order valence-electron chi connectivity index (χ0n) is 22.6. The van der Waals surface area contributed by atoms with Crippen LogP contribution in [0.5, 0.6) is 11.8 Å². The van der Waals surface area contributed by atoms with Gasteiger partial charge in [-0.3, -0.25) is 14.4 Å². The van der Waals surface area contributed by atoms with Gasteiger partial charge in [0, 0.05) is 12.0 Å². The Morgan fingerprint density at radius 1 is 1.05 bits per heavy atom. The Bertz CT molecular complexity index is 1280. The van der Waals surface area contributed by atoms with Gasteiger partial charge < -0.3 is 23.9 Å². The molecule has 2 heterocycles. The molecule has 0 spiro atoms. The Balaban J connectivity index is 1.81. The highest BCUT2D eigenvalue weighted by Gasteiger charge is 2.42. The van der Waals surface area contributed by atoms with Gasteiger partial charge >= 0.3 is 24.9 Å². The molecule has 18 heteroatoms. The van der Waals surface area contributed by atoms with Crippen molar-refractivity contribution in [2.75, 3.05) is 26.0 Å². The number of nitrogens with zero attached hydrogens (tertiary/aromatic N) is 3. The second-order valence-electron chi connectivity index (χ2n) is 9.60. The number of carbonyl (C=O) groups is 2. The van der Waals surface area contributed by atoms with E-state index in [9.17, 15) is 35.9 Å². The molecule has 0 bridgehead atoms. The molecule has 0 radical (unpaired) electrons. The number of benzene rings is 1. The van der Waals surface area contributed by atoms with Gasteiger partial charge in [-0.2, -0.15) is 0 Å². The van der Waals surface area contributed by atoms with E-state index in [0.29, 0.717) is 0 Å². The van der Waals surface area contributed by atoms with E-state index in [0.717, 1.165) is 29.2 Å². The minimum atomic E-state index is -4.89. The van der Waals surface area contributed by atoms with Crippen molar-refractivity contribution in [2.24, 2.45) is 0 Å². The highest BCUT2D eigenvalue weighted by atomic mass is 32.2. The molecule has 0 fully saturated rings. The van der Waals surface area contributed by atoms with Crippen molar-refractivity contribution < 1.29 is 59.3 Å². The molecule has 1 aromatic carbocycles. The van der Waals surface area contributed by atoms with Gasteiger partial charge in [0.25, 0.3) is 11.8 Å². The van der Waals surface area contributed by atoms with E-state index in [1.54, 1.807) is 27.0 Å². The highest BCUT2D eigenvalue weighted by molar-refractivity contribution is 8.00. The quantitative estimate of drug-likeness (QED) is 0.221. The van der Waals surface area contributed by atoms with Crippen LogP contribution in [0.4, 0.5) is 31.1 Å². The standard InChI is InChI=1S/C24H26F6N4O7S/c1-21(2,3)41-20(36)34-13-22(42-4,31-17(35)14-5-7-15(8-6-14)40-24(28,29)30)10-9-16(34)18-32-33-19(39-18)37-11-12-38-23(25,26)27/h5-9H,10-13H2,1-4H3,(H,31,35)/t22-/m0/s1. The van der Waals surface area contributed by atoms with E-state index in [-0.39, 0.29) is 30.1 Å². The van der Waals surface area contributed by atoms with Gasteiger partial charge in [0.05, 0.1) is 13.2 Å². The normalized spacial score (nSPS) is 17.9. The van der Waals surface area contributed by atoms with Gasteiger partial charge in [-0.15, -0.1) is 43.2 Å². The van der Waals surface area contributed by atoms with Gasteiger partial charge in [-0.1, -0.05) is 11.2 Å². The first kappa shape index (κ1) is 32.8. The minimum absolute atomic E-state index is 0.0322. The number of hydrogen-bond acceptors (Lipinski definition) is 10. The SMILES string of the molecule is CS[C@@]1(NC(=O)c2ccc(OC(F)(F)F)cc2)CC=C(c2nnc(OCCOC(F)(F)F)o2)N(C(=O)OC(C)(C)C)C1. The predicted octanol–water partition coefficient (Wildman–Crippen LogP) is 5.35. The molecule has 0 saturated heterocycles. The van der Waals surface area contributed by atoms with Crippen LogP contribution >= 0.6 is 11.8 Å². The first-order chi connectivity index (χ1) is 19.4. The van der Waals surface area contributed by atoms with Crippen LogP contribution in [-0.2, 0) is 9.47 Å². The summed E-state index contributed by atoms with van der Waals surface area (Å²) in [6.07, 6.45) is -7.75. The van der Waals surface area contributed by atoms with E-state index >= 15 is 0 Å². The largest absolute Gasteiger partial charge is 0.573 e. The van der Waals surface area contributed by atoms with Crippen molar-refractivity contribution in [3.05, 3.63) is 41.8 Å². The van der Waals surface area contributed by atoms with Crippen molar-refractivity contribution in [1.29, 1.82) is 0 Å². The molecule has 0 aliphatic carbocycles. The maximum absolute atomic E-state index is 13.2. The van der Waals surface area contributed by atoms with Crippen molar-refractivity contribution in [3.8, 4) is 11.8 Å². The summed E-state index contributed by atoms with van der Waals surface area (Å²) >= 11 is 1.19. The number of thioether (sulfide) groups is 1. The van der Waals surface area contributed by atoms with Crippen LogP contribution in [0.1, 0.15) is 43.4 Å². The molecule has 2 aromatic rings. The number of ether oxygens (including phenoxy) is 4. The number of aromatic nitrogens is 2. The van der Waals surface area contributed by atoms with Crippen LogP contribution in [0.15, 0.2) is 34.8 Å². The Hall–Kier alpha value is -3.67. The van der Waals surface area contributed by atoms with Crippen LogP contribution in [0, 0.1) is 0 Å². The third kappa shape index (κ3) is 9.71. The van der Waals surface area contributed by atoms with Crippen LogP contribution in [0.2, 0.25) is 0 Å². The molecule has 42 heavy (non-hydrogen) atoms. The average Bonchev–Trinajstić information content (AvgIpc) is 3.33. The van der Waals surface area contributed by atoms with Gasteiger partial charge in [0.2, 0.25) is 0 Å². The van der Waals surface area contributed by atoms with Crippen molar-refractivity contribution >= 4 is 29.5 Å². The highest BCUT2D eigenvalue weighted by Crippen LogP contribution is 2.37. The fourth-order valence-electron chi connectivity index (χ4n) is 3.49. The molecule has 2 amide bonds. The zero-order valence-corrected chi connectivity index (χ0v) is 23.4. The summed E-state index contributed by atoms with van der Waals surface area (Å²) in [7, 11) is 0. The van der Waals surface area contributed by atoms with Gasteiger partial charge in [0.15, 0.2) is 0 Å². The lowest BCUT2D eigenvalue weighted by atomic mass is 10.0. The minimum Gasteiger partial charge on any atom is -0.447 e. The lowest BCUT2D eigenvalue weighted by molar-refractivity contribution is -0.325. The summed E-state index contributed by atoms with van der Waals surface area (Å²) in [4.78, 5) is 26.3. The number of hydrogen-bond donors (Lipinski definition) is 1. The first-order valence-corrected chi connectivity index (χ1v) is 13.2. The lowest BCUT2D eigenvalue weighted by Crippen LogP contribution is -2.56. The molecular weight excluding hydrogens is 602 g/mol. The fourth-order valence-corrected chi connectivity index (χ4v) is 4.20. The van der Waals surface area contributed by atoms with Crippen molar-refractivity contribution in [2.45, 2.75) is 50.4 Å². The second kappa shape index (κ2) is 12.7. The first-order valence-electron chi connectivity index (χ1n) is 12.0. The number of amides is 2. The van der Waals surface area contributed by atoms with Gasteiger partial charge in [0.1, 0.15) is 28.5 Å². The maximum Gasteiger partial charge on any atom is 0.573 e. The van der Waals surface area contributed by atoms with Crippen LogP contribution < -0.4 is 14.8 Å². The van der Waals surface area contributed by atoms with Crippen molar-refractivity contribution in [3.63, 3.8) is 0 Å². The molecule has 3 rings (SSSR count). The Morgan fingerprint density at radius 3 is 2.29 bits per heavy atom. The summed E-state index contributed by atoms with van der Waals surface area (Å²) < 4.78 is 97.1. The molecule has 1 N–H and O–H groups in total. The summed E-state index contributed by atoms with van der Waals surface area (Å²) in [6, 6.07) is 4.29. The molecule has 1 aromatic heterocycles. The molecule has 1 atom stereocenters. The predicted molar refractivity (Wildman–Crippen MR) is 134 cm³/mol. The lowest BCUT2D eigenvalue weighted by Gasteiger charge is -2.41. The smallest absolute Gasteiger partial charge is 0.447 e.